The average molecular weight is 429 g/mol. The number of aromatic nitrogens is 6. The normalized spacial score (nSPS) is 11.0. The fourth-order valence-corrected chi connectivity index (χ4v) is 3.27. The van der Waals surface area contributed by atoms with Crippen LogP contribution in [0.3, 0.4) is 0 Å². The van der Waals surface area contributed by atoms with Crippen molar-refractivity contribution in [3.63, 3.8) is 0 Å². The summed E-state index contributed by atoms with van der Waals surface area (Å²) in [5.74, 6) is 1.57. The Morgan fingerprint density at radius 1 is 1.09 bits per heavy atom. The molecule has 0 aliphatic heterocycles. The van der Waals surface area contributed by atoms with Crippen molar-refractivity contribution in [3.8, 4) is 23.0 Å². The van der Waals surface area contributed by atoms with Gasteiger partial charge in [0, 0.05) is 17.2 Å². The summed E-state index contributed by atoms with van der Waals surface area (Å²) in [5.41, 5.74) is 3.63. The van der Waals surface area contributed by atoms with Crippen LogP contribution in [-0.4, -0.2) is 55.9 Å². The molecular formula is C22H19N7O3. The van der Waals surface area contributed by atoms with Gasteiger partial charge in [-0.15, -0.1) is 15.3 Å². The second-order valence-electron chi connectivity index (χ2n) is 6.93. The van der Waals surface area contributed by atoms with Gasteiger partial charge in [-0.3, -0.25) is 4.79 Å². The molecule has 0 saturated heterocycles. The highest BCUT2D eigenvalue weighted by atomic mass is 16.5. The zero-order chi connectivity index (χ0) is 21.9. The lowest BCUT2D eigenvalue weighted by Crippen LogP contribution is -2.28. The number of carbonyl (C=O) groups excluding carboxylic acids is 1. The Labute approximate surface area is 182 Å². The standard InChI is InChI=1S/C22H19N7O3/c1-31-16-5-2-14(3-6-16)21-27-26-19-8-9-20(28-29(19)21)32-11-10-23-22(30)15-4-7-17-18(12-15)25-13-24-17/h2-9,12-13H,10-11H2,1H3,(H,23,30)(H,24,25). The van der Waals surface area contributed by atoms with Gasteiger partial charge >= 0.3 is 0 Å². The number of fused-ring (bicyclic) bond motifs is 2. The molecule has 10 nitrogen and oxygen atoms in total. The summed E-state index contributed by atoms with van der Waals surface area (Å²) in [4.78, 5) is 19.5. The van der Waals surface area contributed by atoms with E-state index in [1.54, 1.807) is 48.3 Å². The van der Waals surface area contributed by atoms with Gasteiger partial charge in [-0.2, -0.15) is 4.52 Å². The molecule has 0 radical (unpaired) electrons. The maximum atomic E-state index is 12.4. The monoisotopic (exact) mass is 429 g/mol. The molecule has 0 aliphatic rings. The lowest BCUT2D eigenvalue weighted by Gasteiger charge is -2.08. The molecule has 1 amide bonds. The first-order chi connectivity index (χ1) is 15.7. The van der Waals surface area contributed by atoms with E-state index in [9.17, 15) is 4.79 Å². The molecule has 0 unspecified atom stereocenters. The maximum absolute atomic E-state index is 12.4. The molecule has 5 aromatic rings. The third kappa shape index (κ3) is 3.81. The first-order valence-corrected chi connectivity index (χ1v) is 9.92. The zero-order valence-electron chi connectivity index (χ0n) is 17.1. The summed E-state index contributed by atoms with van der Waals surface area (Å²) in [6.45, 7) is 0.587. The summed E-state index contributed by atoms with van der Waals surface area (Å²) in [6, 6.07) is 16.3. The summed E-state index contributed by atoms with van der Waals surface area (Å²) in [6.07, 6.45) is 1.60. The van der Waals surface area contributed by atoms with Crippen molar-refractivity contribution < 1.29 is 14.3 Å². The molecule has 2 aromatic carbocycles. The van der Waals surface area contributed by atoms with Crippen LogP contribution in [0.15, 0.2) is 60.9 Å². The fourth-order valence-electron chi connectivity index (χ4n) is 3.27. The minimum absolute atomic E-state index is 0.186. The predicted molar refractivity (Wildman–Crippen MR) is 117 cm³/mol. The van der Waals surface area contributed by atoms with Gasteiger partial charge in [0.2, 0.25) is 5.88 Å². The van der Waals surface area contributed by atoms with Gasteiger partial charge in [-0.25, -0.2) is 4.98 Å². The molecule has 3 aromatic heterocycles. The number of rotatable bonds is 7. The second kappa shape index (κ2) is 8.34. The van der Waals surface area contributed by atoms with Crippen LogP contribution < -0.4 is 14.8 Å². The van der Waals surface area contributed by atoms with E-state index in [1.807, 2.05) is 24.3 Å². The van der Waals surface area contributed by atoms with Crippen LogP contribution >= 0.6 is 0 Å². The highest BCUT2D eigenvalue weighted by Crippen LogP contribution is 2.21. The van der Waals surface area contributed by atoms with E-state index in [1.165, 1.54) is 0 Å². The van der Waals surface area contributed by atoms with Crippen LogP contribution in [0, 0.1) is 0 Å². The molecule has 0 spiro atoms. The largest absolute Gasteiger partial charge is 0.497 e. The smallest absolute Gasteiger partial charge is 0.251 e. The molecule has 5 rings (SSSR count). The SMILES string of the molecule is COc1ccc(-c2nnc3ccc(OCCNC(=O)c4ccc5nc[nH]c5c4)nn23)cc1. The predicted octanol–water partition coefficient (Wildman–Crippen LogP) is 2.49. The molecule has 10 heteroatoms. The second-order valence-corrected chi connectivity index (χ2v) is 6.93. The van der Waals surface area contributed by atoms with Crippen molar-refractivity contribution in [1.82, 2.24) is 35.1 Å². The molecule has 0 atom stereocenters. The van der Waals surface area contributed by atoms with E-state index in [-0.39, 0.29) is 12.5 Å². The van der Waals surface area contributed by atoms with Crippen molar-refractivity contribution >= 4 is 22.6 Å². The molecule has 0 fully saturated rings. The quantitative estimate of drug-likeness (QED) is 0.382. The Bertz CT molecular complexity index is 1390. The van der Waals surface area contributed by atoms with Gasteiger partial charge in [0.25, 0.3) is 5.91 Å². The summed E-state index contributed by atoms with van der Waals surface area (Å²) in [7, 11) is 1.62. The van der Waals surface area contributed by atoms with E-state index < -0.39 is 0 Å². The third-order valence-corrected chi connectivity index (χ3v) is 4.91. The molecule has 0 bridgehead atoms. The third-order valence-electron chi connectivity index (χ3n) is 4.91. The topological polar surface area (TPSA) is 119 Å². The molecule has 32 heavy (non-hydrogen) atoms. The van der Waals surface area contributed by atoms with Crippen LogP contribution in [0.1, 0.15) is 10.4 Å². The van der Waals surface area contributed by atoms with Crippen LogP contribution in [0.5, 0.6) is 11.6 Å². The van der Waals surface area contributed by atoms with Gasteiger partial charge in [-0.1, -0.05) is 0 Å². The summed E-state index contributed by atoms with van der Waals surface area (Å²) >= 11 is 0. The number of carbonyl (C=O) groups is 1. The lowest BCUT2D eigenvalue weighted by molar-refractivity contribution is 0.0946. The number of amides is 1. The number of hydrogen-bond donors (Lipinski definition) is 2. The Morgan fingerprint density at radius 2 is 1.97 bits per heavy atom. The summed E-state index contributed by atoms with van der Waals surface area (Å²) < 4.78 is 12.5. The molecule has 2 N–H and O–H groups in total. The van der Waals surface area contributed by atoms with Crippen LogP contribution in [0.25, 0.3) is 28.1 Å². The highest BCUT2D eigenvalue weighted by Gasteiger charge is 2.11. The first-order valence-electron chi connectivity index (χ1n) is 9.92. The van der Waals surface area contributed by atoms with Crippen molar-refractivity contribution in [2.75, 3.05) is 20.3 Å². The number of methoxy groups -OCH3 is 1. The molecule has 3 heterocycles. The fraction of sp³-hybridized carbons (Fsp3) is 0.136. The Balaban J connectivity index is 1.22. The van der Waals surface area contributed by atoms with Crippen molar-refractivity contribution in [2.24, 2.45) is 0 Å². The number of ether oxygens (including phenoxy) is 2. The van der Waals surface area contributed by atoms with Crippen molar-refractivity contribution in [2.45, 2.75) is 0 Å². The molecule has 160 valence electrons. The van der Waals surface area contributed by atoms with E-state index in [2.05, 4.69) is 30.6 Å². The number of nitrogens with one attached hydrogen (secondary N) is 2. The van der Waals surface area contributed by atoms with Crippen LogP contribution in [-0.2, 0) is 0 Å². The number of benzene rings is 2. The van der Waals surface area contributed by atoms with Crippen LogP contribution in [0.4, 0.5) is 0 Å². The number of imidazole rings is 1. The minimum atomic E-state index is -0.186. The number of nitrogens with zero attached hydrogens (tertiary/aromatic N) is 5. The Kier molecular flexibility index (Phi) is 5.08. The van der Waals surface area contributed by atoms with Crippen LogP contribution in [0.2, 0.25) is 0 Å². The summed E-state index contributed by atoms with van der Waals surface area (Å²) in [5, 5.41) is 15.7. The molecular weight excluding hydrogens is 410 g/mol. The van der Waals surface area contributed by atoms with Gasteiger partial charge < -0.3 is 19.8 Å². The van der Waals surface area contributed by atoms with Gasteiger partial charge in [0.1, 0.15) is 12.4 Å². The first kappa shape index (κ1) is 19.5. The Hall–Kier alpha value is -4.47. The van der Waals surface area contributed by atoms with E-state index in [4.69, 9.17) is 9.47 Å². The maximum Gasteiger partial charge on any atom is 0.251 e. The van der Waals surface area contributed by atoms with E-state index in [0.29, 0.717) is 29.5 Å². The van der Waals surface area contributed by atoms with Gasteiger partial charge in [0.05, 0.1) is 31.0 Å². The molecule has 0 saturated carbocycles. The molecule has 0 aliphatic carbocycles. The zero-order valence-corrected chi connectivity index (χ0v) is 17.1. The van der Waals surface area contributed by atoms with E-state index >= 15 is 0 Å². The van der Waals surface area contributed by atoms with Crippen molar-refractivity contribution in [1.29, 1.82) is 0 Å². The number of aromatic amines is 1. The van der Waals surface area contributed by atoms with Crippen molar-refractivity contribution in [3.05, 3.63) is 66.5 Å². The van der Waals surface area contributed by atoms with E-state index in [0.717, 1.165) is 22.3 Å². The average Bonchev–Trinajstić information content (AvgIpc) is 3.48. The number of H-pyrrole nitrogens is 1. The number of hydrogen-bond acceptors (Lipinski definition) is 7. The minimum Gasteiger partial charge on any atom is -0.497 e. The Morgan fingerprint density at radius 3 is 2.81 bits per heavy atom. The highest BCUT2D eigenvalue weighted by molar-refractivity contribution is 5.97. The van der Waals surface area contributed by atoms with Gasteiger partial charge in [0.15, 0.2) is 11.5 Å². The van der Waals surface area contributed by atoms with Gasteiger partial charge in [-0.05, 0) is 48.5 Å². The lowest BCUT2D eigenvalue weighted by atomic mass is 10.2.